The van der Waals surface area contributed by atoms with Gasteiger partial charge in [-0.3, -0.25) is 4.98 Å². The van der Waals surface area contributed by atoms with Crippen LogP contribution in [0.1, 0.15) is 62.9 Å². The predicted molar refractivity (Wildman–Crippen MR) is 153 cm³/mol. The normalized spacial score (nSPS) is 16.7. The van der Waals surface area contributed by atoms with Crippen LogP contribution in [-0.2, 0) is 17.4 Å². The molecule has 0 saturated carbocycles. The van der Waals surface area contributed by atoms with E-state index in [9.17, 15) is 5.11 Å². The van der Waals surface area contributed by atoms with Crippen molar-refractivity contribution in [2.75, 3.05) is 20.3 Å². The highest BCUT2D eigenvalue weighted by atomic mass is 16.5. The fourth-order valence-corrected chi connectivity index (χ4v) is 6.13. The summed E-state index contributed by atoms with van der Waals surface area (Å²) in [6.45, 7) is 7.12. The highest BCUT2D eigenvalue weighted by Crippen LogP contribution is 2.41. The molecular formula is C30H40N6O2. The number of nitrogens with two attached hydrogens (primary N) is 2. The van der Waals surface area contributed by atoms with Crippen LogP contribution in [0.2, 0.25) is 0 Å². The molecule has 0 aliphatic carbocycles. The number of aryl methyl sites for hydroxylation is 1. The number of pyridine rings is 1. The van der Waals surface area contributed by atoms with Crippen molar-refractivity contribution in [2.24, 2.45) is 24.5 Å². The third-order valence-corrected chi connectivity index (χ3v) is 7.84. The Morgan fingerprint density at radius 1 is 1.18 bits per heavy atom. The maximum Gasteiger partial charge on any atom is 0.112 e. The van der Waals surface area contributed by atoms with Crippen LogP contribution in [0.5, 0.6) is 0 Å². The first-order chi connectivity index (χ1) is 18.1. The number of nitrogens with zero attached hydrogens (tertiary/aromatic N) is 4. The number of hydrazine groups is 1. The predicted octanol–water partition coefficient (Wildman–Crippen LogP) is 4.61. The lowest BCUT2D eigenvalue weighted by Crippen LogP contribution is -2.26. The summed E-state index contributed by atoms with van der Waals surface area (Å²) in [6.07, 6.45) is 4.93. The van der Waals surface area contributed by atoms with E-state index in [0.29, 0.717) is 11.6 Å². The van der Waals surface area contributed by atoms with Crippen LogP contribution in [0.25, 0.3) is 27.8 Å². The fraction of sp³-hybridized carbons (Fsp3) is 0.433. The summed E-state index contributed by atoms with van der Waals surface area (Å²) in [4.78, 5) is 4.98. The van der Waals surface area contributed by atoms with E-state index >= 15 is 0 Å². The van der Waals surface area contributed by atoms with Crippen molar-refractivity contribution in [3.05, 3.63) is 71.2 Å². The summed E-state index contributed by atoms with van der Waals surface area (Å²) in [6, 6.07) is 15.0. The summed E-state index contributed by atoms with van der Waals surface area (Å²) in [5.41, 5.74) is 13.6. The highest BCUT2D eigenvalue weighted by molar-refractivity contribution is 6.05. The number of aromatic nitrogens is 3. The molecule has 202 valence electrons. The van der Waals surface area contributed by atoms with Crippen LogP contribution in [0.4, 0.5) is 0 Å². The van der Waals surface area contributed by atoms with E-state index in [-0.39, 0.29) is 6.04 Å². The van der Waals surface area contributed by atoms with Crippen molar-refractivity contribution in [2.45, 2.75) is 51.7 Å². The molecule has 0 amide bonds. The van der Waals surface area contributed by atoms with Crippen LogP contribution in [0.15, 0.2) is 54.4 Å². The van der Waals surface area contributed by atoms with Gasteiger partial charge in [-0.15, -0.1) is 0 Å². The Morgan fingerprint density at radius 3 is 2.47 bits per heavy atom. The molecule has 5 rings (SSSR count). The lowest BCUT2D eigenvalue weighted by molar-refractivity contribution is 0.0609. The van der Waals surface area contributed by atoms with Gasteiger partial charge in [0.05, 0.1) is 39.6 Å². The maximum atomic E-state index is 11.0. The van der Waals surface area contributed by atoms with Crippen LogP contribution >= 0.6 is 0 Å². The molecule has 0 spiro atoms. The molecular weight excluding hydrogens is 476 g/mol. The summed E-state index contributed by atoms with van der Waals surface area (Å²) in [5, 5.41) is 12.6. The molecule has 8 heteroatoms. The molecule has 1 aromatic carbocycles. The fourth-order valence-electron chi connectivity index (χ4n) is 6.13. The molecule has 1 unspecified atom stereocenters. The van der Waals surface area contributed by atoms with Gasteiger partial charge in [0.1, 0.15) is 5.52 Å². The number of hydrogen-bond acceptors (Lipinski definition) is 6. The topological polar surface area (TPSA) is 107 Å². The van der Waals surface area contributed by atoms with Crippen molar-refractivity contribution in [1.82, 2.24) is 19.1 Å². The molecule has 38 heavy (non-hydrogen) atoms. The minimum Gasteiger partial charge on any atom is -0.401 e. The Kier molecular flexibility index (Phi) is 6.98. The Bertz CT molecular complexity index is 1470. The second-order valence-corrected chi connectivity index (χ2v) is 11.2. The van der Waals surface area contributed by atoms with Gasteiger partial charge in [-0.1, -0.05) is 30.3 Å². The average Bonchev–Trinajstić information content (AvgIpc) is 3.37. The van der Waals surface area contributed by atoms with E-state index in [1.165, 1.54) is 5.56 Å². The lowest BCUT2D eigenvalue weighted by atomic mass is 9.89. The number of rotatable bonds is 7. The molecule has 8 nitrogen and oxygen atoms in total. The molecule has 4 aromatic rings. The van der Waals surface area contributed by atoms with Gasteiger partial charge in [-0.2, -0.15) is 0 Å². The van der Waals surface area contributed by atoms with E-state index in [1.54, 1.807) is 12.1 Å². The van der Waals surface area contributed by atoms with Gasteiger partial charge in [0, 0.05) is 44.8 Å². The number of hydrogen-bond donors (Lipinski definition) is 3. The van der Waals surface area contributed by atoms with Gasteiger partial charge in [-0.05, 0) is 63.6 Å². The van der Waals surface area contributed by atoms with Gasteiger partial charge in [0.25, 0.3) is 0 Å². The first kappa shape index (κ1) is 26.3. The Labute approximate surface area is 224 Å². The Balaban J connectivity index is 1.83. The van der Waals surface area contributed by atoms with Crippen molar-refractivity contribution in [3.63, 3.8) is 0 Å². The zero-order valence-electron chi connectivity index (χ0n) is 23.1. The molecule has 0 radical (unpaired) electrons. The Morgan fingerprint density at radius 2 is 1.87 bits per heavy atom. The van der Waals surface area contributed by atoms with Crippen molar-refractivity contribution >= 4 is 27.8 Å². The summed E-state index contributed by atoms with van der Waals surface area (Å²) in [5.74, 6) is 6.74. The third-order valence-electron chi connectivity index (χ3n) is 7.84. The van der Waals surface area contributed by atoms with Gasteiger partial charge >= 0.3 is 0 Å². The van der Waals surface area contributed by atoms with E-state index in [1.807, 2.05) is 34.0 Å². The van der Waals surface area contributed by atoms with Crippen molar-refractivity contribution in [3.8, 4) is 0 Å². The third kappa shape index (κ3) is 4.68. The SMILES string of the molecule is C/C(N)=C(\c1cnc2c3c(cc(C(C)(C)O)n3C)n(C(CC3CCOCC3)c3ccccc3)c2c1)N(C)N. The van der Waals surface area contributed by atoms with Crippen LogP contribution in [-0.4, -0.2) is 44.5 Å². The molecule has 1 aliphatic rings. The quantitative estimate of drug-likeness (QED) is 0.245. The zero-order chi connectivity index (χ0) is 27.2. The van der Waals surface area contributed by atoms with Gasteiger partial charge in [0.15, 0.2) is 0 Å². The number of fused-ring (bicyclic) bond motifs is 3. The summed E-state index contributed by atoms with van der Waals surface area (Å²) < 4.78 is 10.2. The minimum absolute atomic E-state index is 0.0791. The number of benzene rings is 1. The Hall–Kier alpha value is -3.33. The number of ether oxygens (including phenoxy) is 1. The molecule has 1 fully saturated rings. The zero-order valence-corrected chi connectivity index (χ0v) is 23.1. The van der Waals surface area contributed by atoms with Gasteiger partial charge in [0.2, 0.25) is 0 Å². The molecule has 0 bridgehead atoms. The molecule has 5 N–H and O–H groups in total. The lowest BCUT2D eigenvalue weighted by Gasteiger charge is -2.29. The largest absolute Gasteiger partial charge is 0.401 e. The monoisotopic (exact) mass is 516 g/mol. The molecule has 1 aliphatic heterocycles. The smallest absolute Gasteiger partial charge is 0.112 e. The summed E-state index contributed by atoms with van der Waals surface area (Å²) >= 11 is 0. The highest BCUT2D eigenvalue weighted by Gasteiger charge is 2.30. The second kappa shape index (κ2) is 10.1. The molecule has 3 aromatic heterocycles. The molecule has 1 atom stereocenters. The average molecular weight is 517 g/mol. The summed E-state index contributed by atoms with van der Waals surface area (Å²) in [7, 11) is 3.80. The first-order valence-corrected chi connectivity index (χ1v) is 13.4. The van der Waals surface area contributed by atoms with Crippen molar-refractivity contribution in [1.29, 1.82) is 0 Å². The van der Waals surface area contributed by atoms with Crippen LogP contribution in [0, 0.1) is 5.92 Å². The van der Waals surface area contributed by atoms with Crippen LogP contribution < -0.4 is 11.6 Å². The standard InChI is InChI=1S/C30H40N6O2/c1-19(31)28(35(5)32)22-16-24-27(33-18-22)29-25(17-26(34(29)4)30(2,3)37)36(24)23(21-9-7-6-8-10-21)15-20-11-13-38-14-12-20/h6-10,16-18,20,23,37H,11-15,31-32H2,1-5H3/b28-19-. The number of aliphatic hydroxyl groups is 1. The second-order valence-electron chi connectivity index (χ2n) is 11.2. The van der Waals surface area contributed by atoms with E-state index in [2.05, 4.69) is 51.6 Å². The van der Waals surface area contributed by atoms with Crippen LogP contribution in [0.3, 0.4) is 0 Å². The minimum atomic E-state index is -0.997. The van der Waals surface area contributed by atoms with Crippen molar-refractivity contribution < 1.29 is 9.84 Å². The van der Waals surface area contributed by atoms with E-state index in [0.717, 1.165) is 71.5 Å². The van der Waals surface area contributed by atoms with E-state index < -0.39 is 5.60 Å². The first-order valence-electron chi connectivity index (χ1n) is 13.4. The molecule has 1 saturated heterocycles. The number of allylic oxidation sites excluding steroid dienone is 1. The van der Waals surface area contributed by atoms with Gasteiger partial charge < -0.3 is 29.7 Å². The maximum absolute atomic E-state index is 11.0. The van der Waals surface area contributed by atoms with Gasteiger partial charge in [-0.25, -0.2) is 5.84 Å². The van der Waals surface area contributed by atoms with E-state index in [4.69, 9.17) is 21.3 Å². The molecule has 4 heterocycles.